The van der Waals surface area contributed by atoms with Gasteiger partial charge in [0.2, 0.25) is 0 Å². The molecule has 1 N–H and O–H groups in total. The van der Waals surface area contributed by atoms with Crippen LogP contribution < -0.4 is 5.32 Å². The van der Waals surface area contributed by atoms with Crippen LogP contribution >= 0.6 is 23.2 Å². The summed E-state index contributed by atoms with van der Waals surface area (Å²) in [5, 5.41) is 3.99. The van der Waals surface area contributed by atoms with Gasteiger partial charge in [0.05, 0.1) is 33.8 Å². The Balaban J connectivity index is 2.19. The Kier molecular flexibility index (Phi) is 4.76. The van der Waals surface area contributed by atoms with Crippen molar-refractivity contribution in [1.29, 1.82) is 0 Å². The molecule has 19 heavy (non-hydrogen) atoms. The van der Waals surface area contributed by atoms with Gasteiger partial charge in [-0.1, -0.05) is 23.2 Å². The van der Waals surface area contributed by atoms with E-state index in [0.717, 1.165) is 0 Å². The van der Waals surface area contributed by atoms with E-state index in [-0.39, 0.29) is 6.29 Å². The van der Waals surface area contributed by atoms with Gasteiger partial charge in [-0.25, -0.2) is 4.98 Å². The van der Waals surface area contributed by atoms with E-state index in [9.17, 15) is 0 Å². The number of ether oxygens (including phenoxy) is 2. The number of rotatable bonds is 5. The van der Waals surface area contributed by atoms with Crippen molar-refractivity contribution in [2.45, 2.75) is 6.29 Å². The van der Waals surface area contributed by atoms with Gasteiger partial charge in [0, 0.05) is 14.2 Å². The molecule has 2 aromatic rings. The summed E-state index contributed by atoms with van der Waals surface area (Å²) in [5.74, 6) is 0.616. The largest absolute Gasteiger partial charge is 0.364 e. The highest BCUT2D eigenvalue weighted by Gasteiger charge is 2.07. The molecule has 1 heterocycles. The molecule has 7 heteroatoms. The maximum Gasteiger partial charge on any atom is 0.173 e. The minimum atomic E-state index is -0.341. The molecule has 0 aliphatic carbocycles. The zero-order valence-electron chi connectivity index (χ0n) is 10.5. The summed E-state index contributed by atoms with van der Waals surface area (Å²) in [4.78, 5) is 8.65. The Morgan fingerprint density at radius 2 is 1.79 bits per heavy atom. The molecule has 0 saturated carbocycles. The first-order chi connectivity index (χ1) is 9.13. The van der Waals surface area contributed by atoms with Gasteiger partial charge in [-0.15, -0.1) is 0 Å². The highest BCUT2D eigenvalue weighted by atomic mass is 35.5. The van der Waals surface area contributed by atoms with Crippen molar-refractivity contribution in [3.05, 3.63) is 28.4 Å². The first-order valence-electron chi connectivity index (χ1n) is 5.55. The topological polar surface area (TPSA) is 56.3 Å². The number of benzene rings is 1. The van der Waals surface area contributed by atoms with Crippen LogP contribution in [0.25, 0.3) is 11.0 Å². The molecule has 1 aromatic carbocycles. The lowest BCUT2D eigenvalue weighted by Crippen LogP contribution is -2.24. The Bertz CT molecular complexity index is 576. The number of aromatic nitrogens is 2. The summed E-state index contributed by atoms with van der Waals surface area (Å²) in [7, 11) is 3.15. The number of hydrogen-bond acceptors (Lipinski definition) is 5. The van der Waals surface area contributed by atoms with E-state index < -0.39 is 0 Å². The van der Waals surface area contributed by atoms with E-state index >= 15 is 0 Å². The Hall–Kier alpha value is -1.14. The van der Waals surface area contributed by atoms with Gasteiger partial charge in [0.1, 0.15) is 5.82 Å². The molecule has 5 nitrogen and oxygen atoms in total. The molecule has 0 radical (unpaired) electrons. The maximum atomic E-state index is 5.95. The SMILES string of the molecule is COC(CNc1cnc2cc(Cl)c(Cl)cc2n1)OC. The maximum absolute atomic E-state index is 5.95. The Morgan fingerprint density at radius 1 is 1.16 bits per heavy atom. The lowest BCUT2D eigenvalue weighted by Gasteiger charge is -2.14. The van der Waals surface area contributed by atoms with Crippen LogP contribution in [-0.2, 0) is 9.47 Å². The van der Waals surface area contributed by atoms with Gasteiger partial charge >= 0.3 is 0 Å². The second-order valence-electron chi connectivity index (χ2n) is 3.79. The van der Waals surface area contributed by atoms with Crippen LogP contribution in [0.5, 0.6) is 0 Å². The third-order valence-electron chi connectivity index (χ3n) is 2.56. The van der Waals surface area contributed by atoms with Crippen molar-refractivity contribution in [2.75, 3.05) is 26.1 Å². The summed E-state index contributed by atoms with van der Waals surface area (Å²) in [6.07, 6.45) is 1.28. The number of methoxy groups -OCH3 is 2. The van der Waals surface area contributed by atoms with Gasteiger partial charge in [-0.2, -0.15) is 0 Å². The Labute approximate surface area is 120 Å². The number of nitrogens with zero attached hydrogens (tertiary/aromatic N) is 2. The highest BCUT2D eigenvalue weighted by molar-refractivity contribution is 6.42. The van der Waals surface area contributed by atoms with Gasteiger partial charge in [0.15, 0.2) is 6.29 Å². The van der Waals surface area contributed by atoms with E-state index in [4.69, 9.17) is 32.7 Å². The monoisotopic (exact) mass is 301 g/mol. The van der Waals surface area contributed by atoms with E-state index in [1.807, 2.05) is 0 Å². The van der Waals surface area contributed by atoms with Crippen LogP contribution in [0.3, 0.4) is 0 Å². The van der Waals surface area contributed by atoms with Crippen molar-refractivity contribution in [2.24, 2.45) is 0 Å². The van der Waals surface area contributed by atoms with Gasteiger partial charge < -0.3 is 14.8 Å². The average molecular weight is 302 g/mol. The number of hydrogen-bond donors (Lipinski definition) is 1. The predicted molar refractivity (Wildman–Crippen MR) is 75.9 cm³/mol. The highest BCUT2D eigenvalue weighted by Crippen LogP contribution is 2.26. The lowest BCUT2D eigenvalue weighted by atomic mass is 10.3. The summed E-state index contributed by atoms with van der Waals surface area (Å²) in [5.41, 5.74) is 1.36. The smallest absolute Gasteiger partial charge is 0.173 e. The quantitative estimate of drug-likeness (QED) is 0.861. The molecule has 0 aliphatic rings. The van der Waals surface area contributed by atoms with Gasteiger partial charge in [-0.05, 0) is 12.1 Å². The normalized spacial score (nSPS) is 11.2. The van der Waals surface area contributed by atoms with E-state index in [2.05, 4.69) is 15.3 Å². The van der Waals surface area contributed by atoms with Crippen LogP contribution in [0.4, 0.5) is 5.82 Å². The molecule has 1 aromatic heterocycles. The fourth-order valence-electron chi connectivity index (χ4n) is 1.54. The van der Waals surface area contributed by atoms with E-state index in [1.165, 1.54) is 0 Å². The molecular formula is C12H13Cl2N3O2. The first kappa shape index (κ1) is 14.3. The van der Waals surface area contributed by atoms with Crippen molar-refractivity contribution >= 4 is 40.1 Å². The fourth-order valence-corrected chi connectivity index (χ4v) is 1.86. The van der Waals surface area contributed by atoms with Crippen LogP contribution in [0, 0.1) is 0 Å². The first-order valence-corrected chi connectivity index (χ1v) is 6.31. The molecule has 0 amide bonds. The molecular weight excluding hydrogens is 289 g/mol. The van der Waals surface area contributed by atoms with E-state index in [1.54, 1.807) is 32.5 Å². The summed E-state index contributed by atoms with van der Waals surface area (Å²) in [6.45, 7) is 0.467. The molecule has 0 spiro atoms. The average Bonchev–Trinajstić information content (AvgIpc) is 2.41. The number of anilines is 1. The third kappa shape index (κ3) is 3.45. The predicted octanol–water partition coefficient (Wildman–Crippen LogP) is 2.97. The zero-order valence-corrected chi connectivity index (χ0v) is 12.0. The summed E-state index contributed by atoms with van der Waals surface area (Å²) in [6, 6.07) is 3.37. The molecule has 2 rings (SSSR count). The number of nitrogens with one attached hydrogen (secondary N) is 1. The van der Waals surface area contributed by atoms with E-state index in [0.29, 0.717) is 33.4 Å². The van der Waals surface area contributed by atoms with Crippen LogP contribution in [0.1, 0.15) is 0 Å². The van der Waals surface area contributed by atoms with Crippen LogP contribution in [-0.4, -0.2) is 37.0 Å². The van der Waals surface area contributed by atoms with Crippen LogP contribution in [0.15, 0.2) is 18.3 Å². The molecule has 0 unspecified atom stereocenters. The molecule has 102 valence electrons. The van der Waals surface area contributed by atoms with Crippen molar-refractivity contribution in [3.63, 3.8) is 0 Å². The van der Waals surface area contributed by atoms with Gasteiger partial charge in [0.25, 0.3) is 0 Å². The zero-order chi connectivity index (χ0) is 13.8. The fraction of sp³-hybridized carbons (Fsp3) is 0.333. The number of halogens is 2. The minimum absolute atomic E-state index is 0.341. The summed E-state index contributed by atoms with van der Waals surface area (Å²) < 4.78 is 10.1. The minimum Gasteiger partial charge on any atom is -0.364 e. The van der Waals surface area contributed by atoms with Crippen molar-refractivity contribution in [3.8, 4) is 0 Å². The number of fused-ring (bicyclic) bond motifs is 1. The standard InChI is InChI=1S/C12H13Cl2N3O2/c1-18-12(19-2)6-16-11-5-15-9-3-7(13)8(14)4-10(9)17-11/h3-5,12H,6H2,1-2H3,(H,16,17). The van der Waals surface area contributed by atoms with Crippen molar-refractivity contribution < 1.29 is 9.47 Å². The van der Waals surface area contributed by atoms with Gasteiger partial charge in [-0.3, -0.25) is 4.98 Å². The molecule has 0 saturated heterocycles. The second-order valence-corrected chi connectivity index (χ2v) is 4.61. The van der Waals surface area contributed by atoms with Crippen molar-refractivity contribution in [1.82, 2.24) is 9.97 Å². The molecule has 0 bridgehead atoms. The van der Waals surface area contributed by atoms with Crippen LogP contribution in [0.2, 0.25) is 10.0 Å². The molecule has 0 atom stereocenters. The third-order valence-corrected chi connectivity index (χ3v) is 3.28. The molecule has 0 aliphatic heterocycles. The molecule has 0 fully saturated rings. The second kappa shape index (κ2) is 6.34. The lowest BCUT2D eigenvalue weighted by molar-refractivity contribution is -0.0914. The Morgan fingerprint density at radius 3 is 2.42 bits per heavy atom. The summed E-state index contributed by atoms with van der Waals surface area (Å²) >= 11 is 11.9.